The number of benzene rings is 2. The van der Waals surface area contributed by atoms with Gasteiger partial charge in [0.2, 0.25) is 17.7 Å². The highest BCUT2D eigenvalue weighted by Crippen LogP contribution is 2.29. The normalized spacial score (nSPS) is 12.9. The lowest BCUT2D eigenvalue weighted by molar-refractivity contribution is -0.124. The van der Waals surface area contributed by atoms with Crippen LogP contribution in [0.2, 0.25) is 0 Å². The van der Waals surface area contributed by atoms with Gasteiger partial charge in [0, 0.05) is 25.1 Å². The third-order valence-electron chi connectivity index (χ3n) is 5.32. The molecule has 2 N–H and O–H groups in total. The number of carbonyl (C=O) groups excluding carboxylic acids is 4. The van der Waals surface area contributed by atoms with Crippen LogP contribution in [-0.4, -0.2) is 47.4 Å². The molecule has 0 aliphatic carbocycles. The van der Waals surface area contributed by atoms with Crippen LogP contribution in [0.1, 0.15) is 46.1 Å². The van der Waals surface area contributed by atoms with Gasteiger partial charge in [-0.2, -0.15) is 0 Å². The van der Waals surface area contributed by atoms with Crippen LogP contribution in [0.3, 0.4) is 0 Å². The average molecular weight is 481 g/mol. The van der Waals surface area contributed by atoms with Crippen LogP contribution in [-0.2, 0) is 25.7 Å². The van der Waals surface area contributed by atoms with E-state index >= 15 is 0 Å². The fourth-order valence-electron chi connectivity index (χ4n) is 3.64. The number of hydrogen-bond acceptors (Lipinski definition) is 5. The number of hydrogen-bond donors (Lipinski definition) is 2. The first-order chi connectivity index (χ1) is 16.6. The van der Waals surface area contributed by atoms with Crippen molar-refractivity contribution in [3.8, 4) is 0 Å². The van der Waals surface area contributed by atoms with E-state index in [1.807, 2.05) is 39.8 Å². The van der Waals surface area contributed by atoms with Crippen LogP contribution in [0.25, 0.3) is 0 Å². The van der Waals surface area contributed by atoms with Gasteiger partial charge in [0.05, 0.1) is 17.9 Å². The molecule has 0 saturated carbocycles. The molecule has 0 aromatic heterocycles. The Labute approximate surface area is 205 Å². The van der Waals surface area contributed by atoms with Crippen molar-refractivity contribution in [2.24, 2.45) is 0 Å². The van der Waals surface area contributed by atoms with E-state index in [1.165, 1.54) is 4.90 Å². The second-order valence-corrected chi connectivity index (χ2v) is 9.25. The highest BCUT2D eigenvalue weighted by molar-refractivity contribution is 6.10. The number of carbonyl (C=O) groups is 4. The highest BCUT2D eigenvalue weighted by atomic mass is 16.6. The zero-order valence-electron chi connectivity index (χ0n) is 20.6. The molecule has 0 saturated heterocycles. The molecule has 0 spiro atoms. The SMILES string of the molecule is CCN(Cc1ccccc1NC(=O)CCC(=O)N1CC(=O)Nc2ccccc21)C(=O)OC(C)(C)C. The number of ether oxygens (including phenoxy) is 1. The second-order valence-electron chi connectivity index (χ2n) is 9.25. The van der Waals surface area contributed by atoms with Crippen LogP contribution < -0.4 is 15.5 Å². The van der Waals surface area contributed by atoms with Crippen LogP contribution in [0.15, 0.2) is 48.5 Å². The van der Waals surface area contributed by atoms with E-state index in [2.05, 4.69) is 10.6 Å². The third-order valence-corrected chi connectivity index (χ3v) is 5.32. The van der Waals surface area contributed by atoms with Gasteiger partial charge in [0.25, 0.3) is 0 Å². The minimum atomic E-state index is -0.611. The molecule has 2 aromatic rings. The van der Waals surface area contributed by atoms with Gasteiger partial charge in [0.1, 0.15) is 12.1 Å². The first-order valence-electron chi connectivity index (χ1n) is 11.6. The van der Waals surface area contributed by atoms with Crippen molar-refractivity contribution in [3.63, 3.8) is 0 Å². The maximum absolute atomic E-state index is 12.8. The number of rotatable bonds is 7. The molecule has 9 heteroatoms. The number of nitrogens with one attached hydrogen (secondary N) is 2. The van der Waals surface area contributed by atoms with Crippen LogP contribution in [0.5, 0.6) is 0 Å². The van der Waals surface area contributed by atoms with Crippen LogP contribution >= 0.6 is 0 Å². The quantitative estimate of drug-likeness (QED) is 0.619. The van der Waals surface area contributed by atoms with E-state index in [0.717, 1.165) is 5.56 Å². The Kier molecular flexibility index (Phi) is 8.11. The highest BCUT2D eigenvalue weighted by Gasteiger charge is 2.27. The molecule has 1 aliphatic rings. The van der Waals surface area contributed by atoms with Crippen molar-refractivity contribution in [3.05, 3.63) is 54.1 Å². The lowest BCUT2D eigenvalue weighted by Gasteiger charge is -2.29. The molecule has 186 valence electrons. The summed E-state index contributed by atoms with van der Waals surface area (Å²) in [4.78, 5) is 52.9. The summed E-state index contributed by atoms with van der Waals surface area (Å²) < 4.78 is 5.47. The summed E-state index contributed by atoms with van der Waals surface area (Å²) in [5.74, 6) is -0.917. The molecular formula is C26H32N4O5. The molecule has 2 aromatic carbocycles. The second kappa shape index (κ2) is 11.0. The first-order valence-corrected chi connectivity index (χ1v) is 11.6. The number of nitrogens with zero attached hydrogens (tertiary/aromatic N) is 2. The zero-order valence-corrected chi connectivity index (χ0v) is 20.6. The largest absolute Gasteiger partial charge is 0.444 e. The summed E-state index contributed by atoms with van der Waals surface area (Å²) in [5.41, 5.74) is 1.89. The Morgan fingerprint density at radius 2 is 1.74 bits per heavy atom. The summed E-state index contributed by atoms with van der Waals surface area (Å²) in [6, 6.07) is 14.3. The van der Waals surface area contributed by atoms with E-state index in [0.29, 0.717) is 23.6 Å². The van der Waals surface area contributed by atoms with E-state index in [-0.39, 0.29) is 43.7 Å². The van der Waals surface area contributed by atoms with Gasteiger partial charge in [-0.3, -0.25) is 14.4 Å². The molecule has 3 rings (SSSR count). The summed E-state index contributed by atoms with van der Waals surface area (Å²) in [5, 5.41) is 5.59. The number of amides is 4. The summed E-state index contributed by atoms with van der Waals surface area (Å²) in [6.45, 7) is 7.90. The molecular weight excluding hydrogens is 448 g/mol. The topological polar surface area (TPSA) is 108 Å². The van der Waals surface area contributed by atoms with Crippen molar-refractivity contribution in [2.75, 3.05) is 28.6 Å². The van der Waals surface area contributed by atoms with Gasteiger partial charge in [-0.1, -0.05) is 30.3 Å². The maximum Gasteiger partial charge on any atom is 0.410 e. The lowest BCUT2D eigenvalue weighted by Crippen LogP contribution is -2.42. The first kappa shape index (κ1) is 25.7. The average Bonchev–Trinajstić information content (AvgIpc) is 2.80. The standard InChI is InChI=1S/C26H32N4O5/c1-5-29(25(34)35-26(2,3)4)16-18-10-6-7-11-19(18)27-22(31)14-15-24(33)30-17-23(32)28-20-12-8-9-13-21(20)30/h6-13H,5,14-17H2,1-4H3,(H,27,31)(H,28,32). The van der Waals surface area contributed by atoms with Crippen LogP contribution in [0, 0.1) is 0 Å². The molecule has 35 heavy (non-hydrogen) atoms. The fourth-order valence-corrected chi connectivity index (χ4v) is 3.64. The minimum Gasteiger partial charge on any atom is -0.444 e. The molecule has 0 radical (unpaired) electrons. The molecule has 4 amide bonds. The van der Waals surface area contributed by atoms with Crippen molar-refractivity contribution >= 4 is 40.9 Å². The van der Waals surface area contributed by atoms with Gasteiger partial charge in [-0.05, 0) is 51.5 Å². The van der Waals surface area contributed by atoms with E-state index < -0.39 is 11.7 Å². The number of fused-ring (bicyclic) bond motifs is 1. The number of para-hydroxylation sites is 3. The van der Waals surface area contributed by atoms with Crippen molar-refractivity contribution in [1.82, 2.24) is 4.90 Å². The monoisotopic (exact) mass is 480 g/mol. The van der Waals surface area contributed by atoms with Crippen molar-refractivity contribution in [2.45, 2.75) is 52.7 Å². The molecule has 1 aliphatic heterocycles. The fraction of sp³-hybridized carbons (Fsp3) is 0.385. The molecule has 0 fully saturated rings. The smallest absolute Gasteiger partial charge is 0.410 e. The molecule has 0 unspecified atom stereocenters. The summed E-state index contributed by atoms with van der Waals surface area (Å²) in [6.07, 6.45) is -0.524. The van der Waals surface area contributed by atoms with Gasteiger partial charge in [-0.25, -0.2) is 4.79 Å². The van der Waals surface area contributed by atoms with Crippen molar-refractivity contribution < 1.29 is 23.9 Å². The minimum absolute atomic E-state index is 0.0446. The number of anilines is 3. The van der Waals surface area contributed by atoms with Gasteiger partial charge >= 0.3 is 6.09 Å². The Bertz CT molecular complexity index is 1110. The Balaban J connectivity index is 1.62. The van der Waals surface area contributed by atoms with E-state index in [1.54, 1.807) is 41.3 Å². The van der Waals surface area contributed by atoms with Gasteiger partial charge in [0.15, 0.2) is 0 Å². The van der Waals surface area contributed by atoms with Gasteiger partial charge < -0.3 is 25.2 Å². The molecule has 0 atom stereocenters. The molecule has 0 bridgehead atoms. The maximum atomic E-state index is 12.8. The van der Waals surface area contributed by atoms with E-state index in [9.17, 15) is 19.2 Å². The predicted octanol–water partition coefficient (Wildman–Crippen LogP) is 4.15. The summed E-state index contributed by atoms with van der Waals surface area (Å²) >= 11 is 0. The molecule has 1 heterocycles. The Morgan fingerprint density at radius 3 is 2.46 bits per heavy atom. The Morgan fingerprint density at radius 1 is 1.06 bits per heavy atom. The third kappa shape index (κ3) is 7.05. The summed E-state index contributed by atoms with van der Waals surface area (Å²) in [7, 11) is 0. The lowest BCUT2D eigenvalue weighted by atomic mass is 10.1. The van der Waals surface area contributed by atoms with E-state index in [4.69, 9.17) is 4.74 Å². The van der Waals surface area contributed by atoms with Crippen molar-refractivity contribution in [1.29, 1.82) is 0 Å². The Hall–Kier alpha value is -3.88. The van der Waals surface area contributed by atoms with Crippen LogP contribution in [0.4, 0.5) is 21.9 Å². The zero-order chi connectivity index (χ0) is 25.6. The van der Waals surface area contributed by atoms with Gasteiger partial charge in [-0.15, -0.1) is 0 Å². The predicted molar refractivity (Wildman–Crippen MR) is 134 cm³/mol. The molecule has 9 nitrogen and oxygen atoms in total.